The van der Waals surface area contributed by atoms with Crippen molar-refractivity contribution in [2.24, 2.45) is 5.41 Å². The molecule has 1 N–H and O–H groups in total. The third-order valence-corrected chi connectivity index (χ3v) is 5.79. The number of hydrogen-bond donors (Lipinski definition) is 1. The standard InChI is InChI=1S/C15H26N2S/c1-5-15(8-6-7-9-15)10-16-11(2)14-12(3)17-13(4)18-14/h11,16H,5-10H2,1-4H3. The molecule has 0 aliphatic heterocycles. The molecule has 0 aromatic carbocycles. The van der Waals surface area contributed by atoms with Gasteiger partial charge in [-0.05, 0) is 45.4 Å². The van der Waals surface area contributed by atoms with E-state index in [1.807, 2.05) is 11.3 Å². The fraction of sp³-hybridized carbons (Fsp3) is 0.800. The zero-order chi connectivity index (χ0) is 13.2. The molecule has 1 unspecified atom stereocenters. The van der Waals surface area contributed by atoms with E-state index < -0.39 is 0 Å². The van der Waals surface area contributed by atoms with Crippen LogP contribution in [0.4, 0.5) is 0 Å². The molecule has 0 amide bonds. The van der Waals surface area contributed by atoms with Gasteiger partial charge in [0.2, 0.25) is 0 Å². The van der Waals surface area contributed by atoms with Crippen LogP contribution in [-0.4, -0.2) is 11.5 Å². The summed E-state index contributed by atoms with van der Waals surface area (Å²) in [4.78, 5) is 5.94. The Morgan fingerprint density at radius 2 is 2.00 bits per heavy atom. The lowest BCUT2D eigenvalue weighted by Gasteiger charge is -2.29. The first-order valence-corrected chi connectivity index (χ1v) is 8.05. The van der Waals surface area contributed by atoms with E-state index in [2.05, 4.69) is 38.0 Å². The number of nitrogens with zero attached hydrogens (tertiary/aromatic N) is 1. The second kappa shape index (κ2) is 5.70. The summed E-state index contributed by atoms with van der Waals surface area (Å²) in [5, 5.41) is 4.94. The Morgan fingerprint density at radius 1 is 1.33 bits per heavy atom. The van der Waals surface area contributed by atoms with Gasteiger partial charge in [0.25, 0.3) is 0 Å². The lowest BCUT2D eigenvalue weighted by atomic mass is 9.83. The highest BCUT2D eigenvalue weighted by atomic mass is 32.1. The zero-order valence-electron chi connectivity index (χ0n) is 12.2. The molecule has 18 heavy (non-hydrogen) atoms. The van der Waals surface area contributed by atoms with Gasteiger partial charge in [0.05, 0.1) is 10.7 Å². The van der Waals surface area contributed by atoms with Crippen molar-refractivity contribution < 1.29 is 0 Å². The molecular formula is C15H26N2S. The molecule has 2 rings (SSSR count). The van der Waals surface area contributed by atoms with Crippen LogP contribution in [0.3, 0.4) is 0 Å². The predicted molar refractivity (Wildman–Crippen MR) is 79.2 cm³/mol. The Labute approximate surface area is 115 Å². The molecule has 1 atom stereocenters. The van der Waals surface area contributed by atoms with E-state index in [9.17, 15) is 0 Å². The Hall–Kier alpha value is -0.410. The molecule has 0 bridgehead atoms. The van der Waals surface area contributed by atoms with Gasteiger partial charge >= 0.3 is 0 Å². The smallest absolute Gasteiger partial charge is 0.0900 e. The minimum Gasteiger partial charge on any atom is -0.309 e. The third kappa shape index (κ3) is 2.94. The summed E-state index contributed by atoms with van der Waals surface area (Å²) in [6, 6.07) is 0.445. The number of thiazole rings is 1. The molecule has 1 aromatic heterocycles. The molecule has 0 spiro atoms. The van der Waals surface area contributed by atoms with Crippen molar-refractivity contribution in [2.75, 3.05) is 6.54 Å². The van der Waals surface area contributed by atoms with Gasteiger partial charge in [0, 0.05) is 17.5 Å². The molecule has 1 aromatic rings. The zero-order valence-corrected chi connectivity index (χ0v) is 13.0. The fourth-order valence-corrected chi connectivity index (χ4v) is 4.15. The molecule has 0 radical (unpaired) electrons. The Morgan fingerprint density at radius 3 is 2.50 bits per heavy atom. The summed E-state index contributed by atoms with van der Waals surface area (Å²) in [5.41, 5.74) is 1.77. The van der Waals surface area contributed by atoms with Gasteiger partial charge in [-0.15, -0.1) is 11.3 Å². The summed E-state index contributed by atoms with van der Waals surface area (Å²) in [5.74, 6) is 0. The molecule has 2 nitrogen and oxygen atoms in total. The molecule has 102 valence electrons. The minimum atomic E-state index is 0.445. The van der Waals surface area contributed by atoms with Crippen LogP contribution in [0.1, 0.15) is 67.6 Å². The van der Waals surface area contributed by atoms with Crippen molar-refractivity contribution in [1.29, 1.82) is 0 Å². The van der Waals surface area contributed by atoms with Crippen LogP contribution in [0.15, 0.2) is 0 Å². The van der Waals surface area contributed by atoms with E-state index in [0.717, 1.165) is 0 Å². The maximum atomic E-state index is 4.53. The summed E-state index contributed by atoms with van der Waals surface area (Å²) < 4.78 is 0. The third-order valence-electron chi connectivity index (χ3n) is 4.53. The lowest BCUT2D eigenvalue weighted by Crippen LogP contribution is -2.33. The van der Waals surface area contributed by atoms with Gasteiger partial charge in [0.1, 0.15) is 0 Å². The number of hydrogen-bond acceptors (Lipinski definition) is 3. The van der Waals surface area contributed by atoms with E-state index >= 15 is 0 Å². The van der Waals surface area contributed by atoms with Gasteiger partial charge in [0.15, 0.2) is 0 Å². The maximum Gasteiger partial charge on any atom is 0.0900 e. The average Bonchev–Trinajstić information content (AvgIpc) is 2.94. The van der Waals surface area contributed by atoms with Crippen LogP contribution in [-0.2, 0) is 0 Å². The molecule has 0 saturated heterocycles. The lowest BCUT2D eigenvalue weighted by molar-refractivity contribution is 0.259. The molecule has 3 heteroatoms. The van der Waals surface area contributed by atoms with Gasteiger partial charge in [-0.1, -0.05) is 19.8 Å². The van der Waals surface area contributed by atoms with Crippen molar-refractivity contribution in [3.63, 3.8) is 0 Å². The van der Waals surface area contributed by atoms with Crippen LogP contribution >= 0.6 is 11.3 Å². The van der Waals surface area contributed by atoms with Crippen LogP contribution < -0.4 is 5.32 Å². The van der Waals surface area contributed by atoms with Crippen LogP contribution in [0.2, 0.25) is 0 Å². The van der Waals surface area contributed by atoms with Crippen LogP contribution in [0.25, 0.3) is 0 Å². The summed E-state index contributed by atoms with van der Waals surface area (Å²) in [6.45, 7) is 10.0. The maximum absolute atomic E-state index is 4.53. The second-order valence-electron chi connectivity index (χ2n) is 5.85. The van der Waals surface area contributed by atoms with E-state index in [0.29, 0.717) is 11.5 Å². The van der Waals surface area contributed by atoms with Crippen molar-refractivity contribution in [3.8, 4) is 0 Å². The number of aromatic nitrogens is 1. The second-order valence-corrected chi connectivity index (χ2v) is 7.08. The molecule has 1 heterocycles. The van der Waals surface area contributed by atoms with Gasteiger partial charge in [-0.2, -0.15) is 0 Å². The van der Waals surface area contributed by atoms with Gasteiger partial charge < -0.3 is 5.32 Å². The van der Waals surface area contributed by atoms with Crippen LogP contribution in [0, 0.1) is 19.3 Å². The summed E-state index contributed by atoms with van der Waals surface area (Å²) >= 11 is 1.84. The highest BCUT2D eigenvalue weighted by Gasteiger charge is 2.32. The molecule has 1 aliphatic carbocycles. The first kappa shape index (κ1) is 14.0. The molecule has 1 aliphatic rings. The average molecular weight is 266 g/mol. The largest absolute Gasteiger partial charge is 0.309 e. The molecular weight excluding hydrogens is 240 g/mol. The van der Waals surface area contributed by atoms with Crippen LogP contribution in [0.5, 0.6) is 0 Å². The van der Waals surface area contributed by atoms with Gasteiger partial charge in [-0.3, -0.25) is 0 Å². The Bertz CT molecular complexity index is 391. The van der Waals surface area contributed by atoms with Gasteiger partial charge in [-0.25, -0.2) is 4.98 Å². The number of rotatable bonds is 5. The SMILES string of the molecule is CCC1(CNC(C)c2sc(C)nc2C)CCCC1. The Kier molecular flexibility index (Phi) is 4.44. The Balaban J connectivity index is 1.95. The van der Waals surface area contributed by atoms with E-state index in [1.165, 1.54) is 54.2 Å². The van der Waals surface area contributed by atoms with Crippen molar-refractivity contribution in [2.45, 2.75) is 65.8 Å². The highest BCUT2D eigenvalue weighted by molar-refractivity contribution is 7.11. The van der Waals surface area contributed by atoms with Crippen molar-refractivity contribution >= 4 is 11.3 Å². The first-order chi connectivity index (χ1) is 8.56. The van der Waals surface area contributed by atoms with Crippen molar-refractivity contribution in [3.05, 3.63) is 15.6 Å². The summed E-state index contributed by atoms with van der Waals surface area (Å²) in [6.07, 6.45) is 6.96. The predicted octanol–water partition coefficient (Wildman–Crippen LogP) is 4.38. The van der Waals surface area contributed by atoms with E-state index in [1.54, 1.807) is 0 Å². The normalized spacial score (nSPS) is 20.2. The number of aryl methyl sites for hydroxylation is 2. The minimum absolute atomic E-state index is 0.445. The number of nitrogens with one attached hydrogen (secondary N) is 1. The monoisotopic (exact) mass is 266 g/mol. The molecule has 1 fully saturated rings. The first-order valence-electron chi connectivity index (χ1n) is 7.24. The van der Waals surface area contributed by atoms with E-state index in [-0.39, 0.29) is 0 Å². The topological polar surface area (TPSA) is 24.9 Å². The highest BCUT2D eigenvalue weighted by Crippen LogP contribution is 2.40. The van der Waals surface area contributed by atoms with Crippen molar-refractivity contribution in [1.82, 2.24) is 10.3 Å². The van der Waals surface area contributed by atoms with E-state index in [4.69, 9.17) is 0 Å². The summed E-state index contributed by atoms with van der Waals surface area (Å²) in [7, 11) is 0. The molecule has 1 saturated carbocycles. The fourth-order valence-electron chi connectivity index (χ4n) is 3.19. The quantitative estimate of drug-likeness (QED) is 0.855.